The highest BCUT2D eigenvalue weighted by Gasteiger charge is 2.31. The minimum atomic E-state index is -1.82. The summed E-state index contributed by atoms with van der Waals surface area (Å²) in [5, 5.41) is 0. The van der Waals surface area contributed by atoms with Crippen LogP contribution in [0.3, 0.4) is 0 Å². The van der Waals surface area contributed by atoms with E-state index in [1.807, 2.05) is 25.1 Å². The normalized spacial score (nSPS) is 11.3. The maximum Gasteiger partial charge on any atom is 0.305 e. The summed E-state index contributed by atoms with van der Waals surface area (Å²) in [6.07, 6.45) is 0.483. The van der Waals surface area contributed by atoms with E-state index in [1.54, 1.807) is 0 Å². The van der Waals surface area contributed by atoms with Gasteiger partial charge in [0.15, 0.2) is 8.32 Å². The number of hydrogen-bond donors (Lipinski definition) is 0. The van der Waals surface area contributed by atoms with Crippen molar-refractivity contribution < 1.29 is 14.0 Å². The van der Waals surface area contributed by atoms with Crippen LogP contribution in [-0.2, 0) is 20.6 Å². The lowest BCUT2D eigenvalue weighted by Crippen LogP contribution is -2.37. The van der Waals surface area contributed by atoms with Gasteiger partial charge in [0.1, 0.15) is 0 Å². The van der Waals surface area contributed by atoms with Crippen LogP contribution in [0.25, 0.3) is 0 Å². The van der Waals surface area contributed by atoms with E-state index in [0.717, 1.165) is 18.1 Å². The predicted molar refractivity (Wildman–Crippen MR) is 84.0 cm³/mol. The van der Waals surface area contributed by atoms with E-state index in [9.17, 15) is 4.79 Å². The summed E-state index contributed by atoms with van der Waals surface area (Å²) < 4.78 is 11.3. The van der Waals surface area contributed by atoms with Crippen molar-refractivity contribution in [2.45, 2.75) is 51.9 Å². The molecule has 112 valence electrons. The predicted octanol–water partition coefficient (Wildman–Crippen LogP) is 4.14. The van der Waals surface area contributed by atoms with Crippen LogP contribution in [0.4, 0.5) is 0 Å². The fourth-order valence-corrected chi connectivity index (χ4v) is 5.15. The number of hydrogen-bond acceptors (Lipinski definition) is 3. The monoisotopic (exact) mass is 294 g/mol. The molecule has 20 heavy (non-hydrogen) atoms. The Morgan fingerprint density at radius 3 is 2.30 bits per heavy atom. The van der Waals surface area contributed by atoms with E-state index in [2.05, 4.69) is 26.0 Å². The van der Waals surface area contributed by atoms with E-state index in [4.69, 9.17) is 9.16 Å². The Kier molecular flexibility index (Phi) is 7.55. The van der Waals surface area contributed by atoms with E-state index in [0.29, 0.717) is 19.6 Å². The molecule has 0 bridgehead atoms. The zero-order valence-electron chi connectivity index (χ0n) is 12.9. The van der Waals surface area contributed by atoms with E-state index in [-0.39, 0.29) is 5.97 Å². The van der Waals surface area contributed by atoms with Gasteiger partial charge in [-0.05, 0) is 30.6 Å². The van der Waals surface area contributed by atoms with Crippen LogP contribution in [0.5, 0.6) is 0 Å². The smallest absolute Gasteiger partial charge is 0.305 e. The number of benzene rings is 1. The van der Waals surface area contributed by atoms with Gasteiger partial charge in [-0.2, -0.15) is 0 Å². The minimum absolute atomic E-state index is 0.102. The number of ether oxygens (including phenoxy) is 1. The molecule has 0 N–H and O–H groups in total. The SMILES string of the molecule is CCOC(=O)CC[Si](CC)(CC)OCc1ccccc1. The summed E-state index contributed by atoms with van der Waals surface area (Å²) in [4.78, 5) is 11.5. The second-order valence-electron chi connectivity index (χ2n) is 4.97. The lowest BCUT2D eigenvalue weighted by molar-refractivity contribution is -0.142. The van der Waals surface area contributed by atoms with E-state index in [1.165, 1.54) is 5.56 Å². The summed E-state index contributed by atoms with van der Waals surface area (Å²) >= 11 is 0. The number of carbonyl (C=O) groups is 1. The molecule has 0 amide bonds. The molecule has 0 spiro atoms. The number of carbonyl (C=O) groups excluding carboxylic acids is 1. The minimum Gasteiger partial charge on any atom is -0.466 e. The standard InChI is InChI=1S/C16H26O3Si/c1-4-18-16(17)12-13-20(5-2,6-3)19-14-15-10-8-7-9-11-15/h7-11H,4-6,12-14H2,1-3H3. The molecule has 0 aliphatic carbocycles. The van der Waals surface area contributed by atoms with Crippen molar-refractivity contribution in [3.05, 3.63) is 35.9 Å². The third kappa shape index (κ3) is 5.47. The first-order valence-corrected chi connectivity index (χ1v) is 10.0. The third-order valence-electron chi connectivity index (χ3n) is 3.77. The summed E-state index contributed by atoms with van der Waals surface area (Å²) in [6, 6.07) is 13.1. The van der Waals surface area contributed by atoms with Crippen LogP contribution in [0.15, 0.2) is 30.3 Å². The maximum absolute atomic E-state index is 11.5. The van der Waals surface area contributed by atoms with Crippen LogP contribution in [0.1, 0.15) is 32.8 Å². The molecular weight excluding hydrogens is 268 g/mol. The van der Waals surface area contributed by atoms with Gasteiger partial charge < -0.3 is 9.16 Å². The Hall–Kier alpha value is -1.13. The molecule has 0 heterocycles. The zero-order chi connectivity index (χ0) is 14.8. The van der Waals surface area contributed by atoms with Gasteiger partial charge in [-0.25, -0.2) is 0 Å². The highest BCUT2D eigenvalue weighted by Crippen LogP contribution is 2.25. The molecule has 0 saturated heterocycles. The van der Waals surface area contributed by atoms with Gasteiger partial charge in [-0.15, -0.1) is 0 Å². The maximum atomic E-state index is 11.5. The van der Waals surface area contributed by atoms with Crippen molar-refractivity contribution >= 4 is 14.3 Å². The van der Waals surface area contributed by atoms with E-state index >= 15 is 0 Å². The van der Waals surface area contributed by atoms with Gasteiger partial charge in [0.05, 0.1) is 13.2 Å². The second kappa shape index (κ2) is 8.92. The molecule has 0 radical (unpaired) electrons. The molecular formula is C16H26O3Si. The average molecular weight is 294 g/mol. The van der Waals surface area contributed by atoms with E-state index < -0.39 is 8.32 Å². The Bertz CT molecular complexity index is 388. The average Bonchev–Trinajstić information content (AvgIpc) is 2.49. The molecule has 0 atom stereocenters. The number of rotatable bonds is 9. The van der Waals surface area contributed by atoms with Gasteiger partial charge in [-0.1, -0.05) is 44.2 Å². The van der Waals surface area contributed by atoms with Crippen LogP contribution < -0.4 is 0 Å². The lowest BCUT2D eigenvalue weighted by atomic mass is 10.2. The second-order valence-corrected chi connectivity index (χ2v) is 9.54. The topological polar surface area (TPSA) is 35.5 Å². The Morgan fingerprint density at radius 2 is 1.75 bits per heavy atom. The molecule has 0 saturated carbocycles. The quantitative estimate of drug-likeness (QED) is 0.507. The Labute approximate surface area is 123 Å². The van der Waals surface area contributed by atoms with Gasteiger partial charge >= 0.3 is 5.97 Å². The van der Waals surface area contributed by atoms with Gasteiger partial charge in [0, 0.05) is 6.42 Å². The van der Waals surface area contributed by atoms with Crippen LogP contribution in [-0.4, -0.2) is 20.9 Å². The van der Waals surface area contributed by atoms with Crippen molar-refractivity contribution in [1.82, 2.24) is 0 Å². The molecule has 1 aromatic rings. The highest BCUT2D eigenvalue weighted by molar-refractivity contribution is 6.73. The zero-order valence-corrected chi connectivity index (χ0v) is 13.9. The largest absolute Gasteiger partial charge is 0.466 e. The summed E-state index contributed by atoms with van der Waals surface area (Å²) in [5.74, 6) is -0.102. The first kappa shape index (κ1) is 16.9. The van der Waals surface area contributed by atoms with Gasteiger partial charge in [0.25, 0.3) is 0 Å². The fraction of sp³-hybridized carbons (Fsp3) is 0.562. The van der Waals surface area contributed by atoms with Crippen molar-refractivity contribution in [1.29, 1.82) is 0 Å². The molecule has 4 heteroatoms. The Balaban J connectivity index is 2.55. The fourth-order valence-electron chi connectivity index (χ4n) is 2.25. The van der Waals surface area contributed by atoms with Gasteiger partial charge in [-0.3, -0.25) is 4.79 Å². The summed E-state index contributed by atoms with van der Waals surface area (Å²) in [6.45, 7) is 7.29. The molecule has 0 aliphatic rings. The van der Waals surface area contributed by atoms with Crippen molar-refractivity contribution in [2.75, 3.05) is 6.61 Å². The molecule has 0 aromatic heterocycles. The first-order chi connectivity index (χ1) is 9.65. The van der Waals surface area contributed by atoms with Crippen molar-refractivity contribution in [3.8, 4) is 0 Å². The molecule has 0 fully saturated rings. The van der Waals surface area contributed by atoms with Gasteiger partial charge in [0.2, 0.25) is 0 Å². The highest BCUT2D eigenvalue weighted by atomic mass is 28.4. The van der Waals surface area contributed by atoms with Crippen LogP contribution in [0.2, 0.25) is 18.1 Å². The number of esters is 1. The molecule has 0 unspecified atom stereocenters. The third-order valence-corrected chi connectivity index (χ3v) is 8.26. The molecule has 0 aliphatic heterocycles. The Morgan fingerprint density at radius 1 is 1.10 bits per heavy atom. The van der Waals surface area contributed by atoms with Crippen molar-refractivity contribution in [2.24, 2.45) is 0 Å². The first-order valence-electron chi connectivity index (χ1n) is 7.49. The van der Waals surface area contributed by atoms with Crippen LogP contribution >= 0.6 is 0 Å². The van der Waals surface area contributed by atoms with Crippen molar-refractivity contribution in [3.63, 3.8) is 0 Å². The lowest BCUT2D eigenvalue weighted by Gasteiger charge is -2.29. The summed E-state index contributed by atoms with van der Waals surface area (Å²) in [5.41, 5.74) is 1.20. The summed E-state index contributed by atoms with van der Waals surface area (Å²) in [7, 11) is -1.82. The molecule has 1 aromatic carbocycles. The molecule has 3 nitrogen and oxygen atoms in total. The van der Waals surface area contributed by atoms with Crippen LogP contribution in [0, 0.1) is 0 Å². The molecule has 1 rings (SSSR count).